The highest BCUT2D eigenvalue weighted by Gasteiger charge is 2.19. The Morgan fingerprint density at radius 2 is 2.18 bits per heavy atom. The summed E-state index contributed by atoms with van der Waals surface area (Å²) < 4.78 is 1.52. The fourth-order valence-electron chi connectivity index (χ4n) is 2.48. The first-order valence-electron chi connectivity index (χ1n) is 6.85. The molecule has 0 saturated heterocycles. The first-order valence-corrected chi connectivity index (χ1v) is 7.73. The second-order valence-corrected chi connectivity index (χ2v) is 5.85. The molecule has 0 aliphatic carbocycles. The number of aromatic carboxylic acids is 1. The van der Waals surface area contributed by atoms with Crippen molar-refractivity contribution in [2.24, 2.45) is 0 Å². The van der Waals surface area contributed by atoms with Crippen LogP contribution in [-0.4, -0.2) is 20.6 Å². The number of thiophene rings is 1. The van der Waals surface area contributed by atoms with Gasteiger partial charge in [-0.05, 0) is 19.9 Å². The molecule has 2 heterocycles. The van der Waals surface area contributed by atoms with E-state index in [2.05, 4.69) is 4.98 Å². The van der Waals surface area contributed by atoms with E-state index >= 15 is 0 Å². The van der Waals surface area contributed by atoms with Gasteiger partial charge in [0.15, 0.2) is 0 Å². The van der Waals surface area contributed by atoms with Gasteiger partial charge in [-0.1, -0.05) is 23.8 Å². The molecule has 1 aromatic carbocycles. The number of carboxylic acid groups (broad SMARTS) is 1. The van der Waals surface area contributed by atoms with Crippen LogP contribution in [-0.2, 0) is 6.54 Å². The first-order chi connectivity index (χ1) is 10.5. The number of carbonyl (C=O) groups is 1. The lowest BCUT2D eigenvalue weighted by atomic mass is 10.1. The lowest BCUT2D eigenvalue weighted by Gasteiger charge is -2.11. The molecule has 6 heteroatoms. The predicted molar refractivity (Wildman–Crippen MR) is 86.7 cm³/mol. The number of carboxylic acids is 1. The Labute approximate surface area is 130 Å². The van der Waals surface area contributed by atoms with E-state index in [4.69, 9.17) is 0 Å². The molecule has 0 unspecified atom stereocenters. The normalized spacial score (nSPS) is 11.0. The lowest BCUT2D eigenvalue weighted by molar-refractivity contribution is 0.0699. The molecule has 3 rings (SSSR count). The molecule has 0 fully saturated rings. The molecule has 0 spiro atoms. The van der Waals surface area contributed by atoms with E-state index in [0.717, 1.165) is 11.1 Å². The molecule has 2 aromatic heterocycles. The summed E-state index contributed by atoms with van der Waals surface area (Å²) in [7, 11) is 0. The molecular formula is C16H14N2O3S. The van der Waals surface area contributed by atoms with E-state index in [-0.39, 0.29) is 16.5 Å². The third-order valence-corrected chi connectivity index (χ3v) is 4.39. The Morgan fingerprint density at radius 3 is 2.82 bits per heavy atom. The van der Waals surface area contributed by atoms with Gasteiger partial charge < -0.3 is 5.11 Å². The summed E-state index contributed by atoms with van der Waals surface area (Å²) in [5.74, 6) is -0.529. The van der Waals surface area contributed by atoms with Crippen molar-refractivity contribution in [1.29, 1.82) is 0 Å². The second kappa shape index (κ2) is 5.38. The molecule has 3 aromatic rings. The monoisotopic (exact) mass is 314 g/mol. The third kappa shape index (κ3) is 2.21. The number of fused-ring (bicyclic) bond motifs is 1. The summed E-state index contributed by atoms with van der Waals surface area (Å²) in [6.07, 6.45) is 0. The zero-order valence-electron chi connectivity index (χ0n) is 12.2. The number of hydrogen-bond acceptors (Lipinski definition) is 4. The van der Waals surface area contributed by atoms with Gasteiger partial charge in [0.05, 0.1) is 10.9 Å². The van der Waals surface area contributed by atoms with E-state index < -0.39 is 5.97 Å². The van der Waals surface area contributed by atoms with Crippen LogP contribution in [0.1, 0.15) is 22.8 Å². The summed E-state index contributed by atoms with van der Waals surface area (Å²) in [6.45, 7) is 4.26. The van der Waals surface area contributed by atoms with Crippen molar-refractivity contribution < 1.29 is 9.90 Å². The maximum Gasteiger partial charge on any atom is 0.337 e. The highest BCUT2D eigenvalue weighted by atomic mass is 32.1. The van der Waals surface area contributed by atoms with E-state index in [1.165, 1.54) is 21.3 Å². The lowest BCUT2D eigenvalue weighted by Crippen LogP contribution is -2.23. The van der Waals surface area contributed by atoms with Crippen molar-refractivity contribution >= 4 is 27.5 Å². The summed E-state index contributed by atoms with van der Waals surface area (Å²) in [5.41, 5.74) is 1.65. The van der Waals surface area contributed by atoms with Crippen molar-refractivity contribution in [2.75, 3.05) is 0 Å². The van der Waals surface area contributed by atoms with Gasteiger partial charge in [-0.2, -0.15) is 0 Å². The number of aromatic nitrogens is 2. The van der Waals surface area contributed by atoms with E-state index in [1.807, 2.05) is 38.1 Å². The average molecular weight is 314 g/mol. The van der Waals surface area contributed by atoms with Crippen LogP contribution >= 0.6 is 11.3 Å². The van der Waals surface area contributed by atoms with E-state index in [9.17, 15) is 14.7 Å². The molecule has 22 heavy (non-hydrogen) atoms. The van der Waals surface area contributed by atoms with Gasteiger partial charge in [-0.3, -0.25) is 9.36 Å². The van der Waals surface area contributed by atoms with Gasteiger partial charge in [-0.15, -0.1) is 11.3 Å². The van der Waals surface area contributed by atoms with Crippen LogP contribution in [0, 0.1) is 6.92 Å². The molecular weight excluding hydrogens is 300 g/mol. The van der Waals surface area contributed by atoms with Crippen LogP contribution in [0.3, 0.4) is 0 Å². The average Bonchev–Trinajstić information content (AvgIpc) is 2.91. The van der Waals surface area contributed by atoms with Gasteiger partial charge in [0.25, 0.3) is 5.56 Å². The van der Waals surface area contributed by atoms with Crippen LogP contribution in [0.15, 0.2) is 34.4 Å². The Kier molecular flexibility index (Phi) is 3.54. The van der Waals surface area contributed by atoms with Gasteiger partial charge >= 0.3 is 5.97 Å². The molecule has 0 atom stereocenters. The van der Waals surface area contributed by atoms with Crippen molar-refractivity contribution in [3.05, 3.63) is 51.1 Å². The smallest absolute Gasteiger partial charge is 0.337 e. The highest BCUT2D eigenvalue weighted by molar-refractivity contribution is 7.17. The van der Waals surface area contributed by atoms with Crippen LogP contribution in [0.4, 0.5) is 0 Å². The second-order valence-electron chi connectivity index (χ2n) is 4.99. The van der Waals surface area contributed by atoms with Gasteiger partial charge in [0.2, 0.25) is 0 Å². The van der Waals surface area contributed by atoms with E-state index in [0.29, 0.717) is 17.2 Å². The summed E-state index contributed by atoms with van der Waals surface area (Å²) in [4.78, 5) is 29.0. The van der Waals surface area contributed by atoms with Crippen molar-refractivity contribution in [2.45, 2.75) is 20.4 Å². The zero-order chi connectivity index (χ0) is 15.9. The largest absolute Gasteiger partial charge is 0.478 e. The van der Waals surface area contributed by atoms with Crippen molar-refractivity contribution in [1.82, 2.24) is 9.55 Å². The fourth-order valence-corrected chi connectivity index (χ4v) is 3.38. The summed E-state index contributed by atoms with van der Waals surface area (Å²) in [6, 6.07) is 7.76. The molecule has 0 saturated carbocycles. The first kappa shape index (κ1) is 14.5. The van der Waals surface area contributed by atoms with Gasteiger partial charge in [-0.25, -0.2) is 9.78 Å². The molecule has 1 N–H and O–H groups in total. The molecule has 0 bridgehead atoms. The molecule has 112 valence electrons. The summed E-state index contributed by atoms with van der Waals surface area (Å²) >= 11 is 1.18. The SMILES string of the molecule is CCn1c(-c2cccc(C)c2)nc2scc(C(=O)O)c2c1=O. The minimum Gasteiger partial charge on any atom is -0.478 e. The minimum absolute atomic E-state index is 0.0236. The fraction of sp³-hybridized carbons (Fsp3) is 0.188. The van der Waals surface area contributed by atoms with E-state index in [1.54, 1.807) is 0 Å². The standard InChI is InChI=1S/C16H14N2O3S/c1-3-18-13(10-6-4-5-9(2)7-10)17-14-12(15(18)19)11(8-22-14)16(20)21/h4-8H,3H2,1-2H3,(H,20,21). The molecule has 0 aliphatic heterocycles. The Hall–Kier alpha value is -2.47. The number of nitrogens with zero attached hydrogens (tertiary/aromatic N) is 2. The highest BCUT2D eigenvalue weighted by Crippen LogP contribution is 2.25. The van der Waals surface area contributed by atoms with Crippen LogP contribution < -0.4 is 5.56 Å². The van der Waals surface area contributed by atoms with Crippen LogP contribution in [0.5, 0.6) is 0 Å². The van der Waals surface area contributed by atoms with Crippen LogP contribution in [0.25, 0.3) is 21.6 Å². The molecule has 5 nitrogen and oxygen atoms in total. The Morgan fingerprint density at radius 1 is 1.41 bits per heavy atom. The quantitative estimate of drug-likeness (QED) is 0.806. The maximum atomic E-state index is 12.7. The third-order valence-electron chi connectivity index (χ3n) is 3.52. The molecule has 0 amide bonds. The number of hydrogen-bond donors (Lipinski definition) is 1. The Balaban J connectivity index is 2.38. The number of rotatable bonds is 3. The summed E-state index contributed by atoms with van der Waals surface area (Å²) in [5, 5.41) is 10.9. The van der Waals surface area contributed by atoms with Gasteiger partial charge in [0.1, 0.15) is 10.7 Å². The molecule has 0 radical (unpaired) electrons. The van der Waals surface area contributed by atoms with Crippen molar-refractivity contribution in [3.63, 3.8) is 0 Å². The Bertz CT molecular complexity index is 940. The minimum atomic E-state index is -1.10. The van der Waals surface area contributed by atoms with Gasteiger partial charge in [0, 0.05) is 17.5 Å². The maximum absolute atomic E-state index is 12.7. The van der Waals surface area contributed by atoms with Crippen molar-refractivity contribution in [3.8, 4) is 11.4 Å². The van der Waals surface area contributed by atoms with Crippen LogP contribution in [0.2, 0.25) is 0 Å². The topological polar surface area (TPSA) is 72.2 Å². The number of benzene rings is 1. The molecule has 0 aliphatic rings. The predicted octanol–water partition coefficient (Wildman–Crippen LogP) is 3.15. The number of aryl methyl sites for hydroxylation is 1. The zero-order valence-corrected chi connectivity index (χ0v) is 13.0.